The summed E-state index contributed by atoms with van der Waals surface area (Å²) in [6.45, 7) is 11.2. The van der Waals surface area contributed by atoms with Crippen LogP contribution in [0.1, 0.15) is 50.9 Å². The van der Waals surface area contributed by atoms with Crippen LogP contribution in [0.5, 0.6) is 0 Å². The van der Waals surface area contributed by atoms with Gasteiger partial charge in [-0.05, 0) is 49.8 Å². The predicted octanol–water partition coefficient (Wildman–Crippen LogP) is 4.65. The Bertz CT molecular complexity index is 503. The quantitative estimate of drug-likeness (QED) is 0.687. The van der Waals surface area contributed by atoms with Gasteiger partial charge >= 0.3 is 0 Å². The molecule has 0 aliphatic carbocycles. The average Bonchev–Trinajstić information content (AvgIpc) is 2.55. The fourth-order valence-corrected chi connectivity index (χ4v) is 2.37. The SMILES string of the molecule is Cc1ccc2cc(C(C)C)n(C(C)C)c2c1. The van der Waals surface area contributed by atoms with Crippen LogP contribution in [0.25, 0.3) is 10.9 Å². The smallest absolute Gasteiger partial charge is 0.0487 e. The molecule has 0 radical (unpaired) electrons. The van der Waals surface area contributed by atoms with Crippen molar-refractivity contribution in [3.05, 3.63) is 35.5 Å². The molecule has 0 bridgehead atoms. The van der Waals surface area contributed by atoms with Gasteiger partial charge in [-0.15, -0.1) is 0 Å². The Labute approximate surface area is 98.1 Å². The topological polar surface area (TPSA) is 4.93 Å². The number of fused-ring (bicyclic) bond motifs is 1. The molecule has 0 fully saturated rings. The zero-order valence-corrected chi connectivity index (χ0v) is 10.9. The first kappa shape index (κ1) is 11.3. The van der Waals surface area contributed by atoms with E-state index in [1.165, 1.54) is 22.2 Å². The lowest BCUT2D eigenvalue weighted by atomic mass is 10.1. The molecule has 0 unspecified atom stereocenters. The number of benzene rings is 1. The average molecular weight is 215 g/mol. The number of hydrogen-bond donors (Lipinski definition) is 0. The van der Waals surface area contributed by atoms with Gasteiger partial charge in [0.2, 0.25) is 0 Å². The number of nitrogens with zero attached hydrogens (tertiary/aromatic N) is 1. The molecule has 86 valence electrons. The van der Waals surface area contributed by atoms with Crippen LogP contribution < -0.4 is 0 Å². The molecule has 1 heteroatoms. The lowest BCUT2D eigenvalue weighted by Crippen LogP contribution is -2.06. The lowest BCUT2D eigenvalue weighted by molar-refractivity contribution is 0.577. The van der Waals surface area contributed by atoms with Crippen molar-refractivity contribution in [3.8, 4) is 0 Å². The molecular weight excluding hydrogens is 194 g/mol. The van der Waals surface area contributed by atoms with E-state index in [4.69, 9.17) is 0 Å². The van der Waals surface area contributed by atoms with Gasteiger partial charge in [0.1, 0.15) is 0 Å². The second-order valence-electron chi connectivity index (χ2n) is 5.25. The van der Waals surface area contributed by atoms with Crippen molar-refractivity contribution in [2.75, 3.05) is 0 Å². The highest BCUT2D eigenvalue weighted by Crippen LogP contribution is 2.29. The Kier molecular flexibility index (Phi) is 2.79. The molecule has 0 atom stereocenters. The Morgan fingerprint density at radius 2 is 1.69 bits per heavy atom. The van der Waals surface area contributed by atoms with Crippen LogP contribution in [0.15, 0.2) is 24.3 Å². The third-order valence-electron chi connectivity index (χ3n) is 3.13. The maximum Gasteiger partial charge on any atom is 0.0487 e. The van der Waals surface area contributed by atoms with Gasteiger partial charge in [-0.25, -0.2) is 0 Å². The van der Waals surface area contributed by atoms with E-state index in [0.29, 0.717) is 12.0 Å². The summed E-state index contributed by atoms with van der Waals surface area (Å²) in [5.74, 6) is 0.579. The summed E-state index contributed by atoms with van der Waals surface area (Å²) in [6.07, 6.45) is 0. The van der Waals surface area contributed by atoms with Gasteiger partial charge in [0, 0.05) is 17.3 Å². The van der Waals surface area contributed by atoms with E-state index in [1.54, 1.807) is 0 Å². The van der Waals surface area contributed by atoms with E-state index in [1.807, 2.05) is 0 Å². The Balaban J connectivity index is 2.77. The van der Waals surface area contributed by atoms with Gasteiger partial charge < -0.3 is 4.57 Å². The van der Waals surface area contributed by atoms with Crippen LogP contribution in [0.2, 0.25) is 0 Å². The molecule has 1 aromatic carbocycles. The molecule has 0 aliphatic rings. The molecule has 0 amide bonds. The summed E-state index contributed by atoms with van der Waals surface area (Å²) in [7, 11) is 0. The van der Waals surface area contributed by atoms with Crippen LogP contribution in [0.3, 0.4) is 0 Å². The number of hydrogen-bond acceptors (Lipinski definition) is 0. The highest BCUT2D eigenvalue weighted by Gasteiger charge is 2.13. The summed E-state index contributed by atoms with van der Waals surface area (Å²) < 4.78 is 2.47. The number of aryl methyl sites for hydroxylation is 1. The molecule has 0 aliphatic heterocycles. The molecule has 0 saturated heterocycles. The van der Waals surface area contributed by atoms with Crippen LogP contribution in [-0.2, 0) is 0 Å². The molecule has 0 saturated carbocycles. The van der Waals surface area contributed by atoms with Crippen molar-refractivity contribution in [3.63, 3.8) is 0 Å². The third-order valence-corrected chi connectivity index (χ3v) is 3.13. The summed E-state index contributed by atoms with van der Waals surface area (Å²) in [6, 6.07) is 9.57. The number of aromatic nitrogens is 1. The van der Waals surface area contributed by atoms with Gasteiger partial charge in [0.25, 0.3) is 0 Å². The molecular formula is C15H21N. The monoisotopic (exact) mass is 215 g/mol. The lowest BCUT2D eigenvalue weighted by Gasteiger charge is -2.17. The van der Waals surface area contributed by atoms with Crippen LogP contribution in [0, 0.1) is 6.92 Å². The van der Waals surface area contributed by atoms with Crippen molar-refractivity contribution in [2.24, 2.45) is 0 Å². The summed E-state index contributed by atoms with van der Waals surface area (Å²) in [5.41, 5.74) is 4.15. The molecule has 0 N–H and O–H groups in total. The van der Waals surface area contributed by atoms with Crippen molar-refractivity contribution in [1.82, 2.24) is 4.57 Å². The van der Waals surface area contributed by atoms with Crippen molar-refractivity contribution in [2.45, 2.75) is 46.6 Å². The molecule has 1 nitrogen and oxygen atoms in total. The van der Waals surface area contributed by atoms with Gasteiger partial charge in [0.15, 0.2) is 0 Å². The van der Waals surface area contributed by atoms with E-state index >= 15 is 0 Å². The molecule has 2 rings (SSSR count). The van der Waals surface area contributed by atoms with Crippen LogP contribution >= 0.6 is 0 Å². The van der Waals surface area contributed by atoms with E-state index in [0.717, 1.165) is 0 Å². The zero-order chi connectivity index (χ0) is 11.9. The summed E-state index contributed by atoms with van der Waals surface area (Å²) in [4.78, 5) is 0. The van der Waals surface area contributed by atoms with E-state index in [9.17, 15) is 0 Å². The predicted molar refractivity (Wildman–Crippen MR) is 71.1 cm³/mol. The van der Waals surface area contributed by atoms with Crippen molar-refractivity contribution >= 4 is 10.9 Å². The standard InChI is InChI=1S/C15H21N/c1-10(2)14-9-13-7-6-12(5)8-15(13)16(14)11(3)4/h6-11H,1-5H3. The number of rotatable bonds is 2. The van der Waals surface area contributed by atoms with E-state index in [-0.39, 0.29) is 0 Å². The minimum Gasteiger partial charge on any atom is -0.342 e. The summed E-state index contributed by atoms with van der Waals surface area (Å²) in [5, 5.41) is 1.36. The highest BCUT2D eigenvalue weighted by molar-refractivity contribution is 5.82. The summed E-state index contributed by atoms with van der Waals surface area (Å²) >= 11 is 0. The third kappa shape index (κ3) is 1.75. The van der Waals surface area contributed by atoms with Gasteiger partial charge in [0.05, 0.1) is 0 Å². The van der Waals surface area contributed by atoms with Gasteiger partial charge in [-0.1, -0.05) is 26.0 Å². The molecule has 16 heavy (non-hydrogen) atoms. The molecule has 1 heterocycles. The molecule has 1 aromatic heterocycles. The first-order chi connectivity index (χ1) is 7.50. The van der Waals surface area contributed by atoms with Crippen molar-refractivity contribution in [1.29, 1.82) is 0 Å². The second kappa shape index (κ2) is 3.97. The first-order valence-corrected chi connectivity index (χ1v) is 6.12. The normalized spacial score (nSPS) is 11.9. The second-order valence-corrected chi connectivity index (χ2v) is 5.25. The fourth-order valence-electron chi connectivity index (χ4n) is 2.37. The van der Waals surface area contributed by atoms with E-state index in [2.05, 4.69) is 63.5 Å². The molecule has 2 aromatic rings. The van der Waals surface area contributed by atoms with Crippen LogP contribution in [-0.4, -0.2) is 4.57 Å². The minimum absolute atomic E-state index is 0.525. The fraction of sp³-hybridized carbons (Fsp3) is 0.467. The first-order valence-electron chi connectivity index (χ1n) is 6.12. The Morgan fingerprint density at radius 3 is 2.25 bits per heavy atom. The molecule has 0 spiro atoms. The van der Waals surface area contributed by atoms with Crippen molar-refractivity contribution < 1.29 is 0 Å². The largest absolute Gasteiger partial charge is 0.342 e. The Hall–Kier alpha value is -1.24. The van der Waals surface area contributed by atoms with Gasteiger partial charge in [-0.2, -0.15) is 0 Å². The van der Waals surface area contributed by atoms with Crippen LogP contribution in [0.4, 0.5) is 0 Å². The highest BCUT2D eigenvalue weighted by atomic mass is 15.0. The zero-order valence-electron chi connectivity index (χ0n) is 10.9. The van der Waals surface area contributed by atoms with Gasteiger partial charge in [-0.3, -0.25) is 0 Å². The minimum atomic E-state index is 0.525. The maximum absolute atomic E-state index is 2.47. The Morgan fingerprint density at radius 1 is 1.00 bits per heavy atom. The maximum atomic E-state index is 2.47. The van der Waals surface area contributed by atoms with E-state index < -0.39 is 0 Å².